The first-order valence-corrected chi connectivity index (χ1v) is 14.0. The predicted octanol–water partition coefficient (Wildman–Crippen LogP) is 8.21. The first-order chi connectivity index (χ1) is 18.1. The van der Waals surface area contributed by atoms with Crippen molar-refractivity contribution in [3.8, 4) is 28.3 Å². The number of ether oxygens (including phenoxy) is 2. The third kappa shape index (κ3) is 9.64. The average Bonchev–Trinajstić information content (AvgIpc) is 2.93. The van der Waals surface area contributed by atoms with Gasteiger partial charge in [-0.25, -0.2) is 14.8 Å². The fourth-order valence-electron chi connectivity index (χ4n) is 4.18. The van der Waals surface area contributed by atoms with Gasteiger partial charge in [-0.2, -0.15) is 0 Å². The molecule has 0 amide bonds. The topological polar surface area (TPSA) is 61.3 Å². The number of aryl methyl sites for hydroxylation is 1. The molecule has 37 heavy (non-hydrogen) atoms. The number of unbranched alkanes of at least 4 members (excludes halogenated alkanes) is 7. The Morgan fingerprint density at radius 2 is 1.32 bits per heavy atom. The van der Waals surface area contributed by atoms with Gasteiger partial charge in [0, 0.05) is 23.5 Å². The molecule has 1 unspecified atom stereocenters. The minimum absolute atomic E-state index is 0.329. The van der Waals surface area contributed by atoms with E-state index in [1.807, 2.05) is 36.7 Å². The molecule has 0 saturated carbocycles. The smallest absolute Gasteiger partial charge is 0.347 e. The fourth-order valence-corrected chi connectivity index (χ4v) is 4.18. The molecule has 0 radical (unpaired) electrons. The Balaban J connectivity index is 1.49. The van der Waals surface area contributed by atoms with E-state index < -0.39 is 6.10 Å². The second-order valence-electron chi connectivity index (χ2n) is 9.67. The maximum Gasteiger partial charge on any atom is 0.347 e. The lowest BCUT2D eigenvalue weighted by atomic mass is 10.0. The van der Waals surface area contributed by atoms with Gasteiger partial charge in [-0.1, -0.05) is 95.2 Å². The summed E-state index contributed by atoms with van der Waals surface area (Å²) in [5.41, 5.74) is 4.31. The van der Waals surface area contributed by atoms with Crippen molar-refractivity contribution < 1.29 is 14.3 Å². The summed E-state index contributed by atoms with van der Waals surface area (Å²) in [5.74, 6) is 1.02. The van der Waals surface area contributed by atoms with Crippen LogP contribution >= 0.6 is 0 Å². The molecule has 198 valence electrons. The zero-order chi connectivity index (χ0) is 26.3. The highest BCUT2D eigenvalue weighted by Crippen LogP contribution is 2.24. The van der Waals surface area contributed by atoms with Gasteiger partial charge in [0.15, 0.2) is 11.9 Å². The summed E-state index contributed by atoms with van der Waals surface area (Å²) in [4.78, 5) is 21.3. The van der Waals surface area contributed by atoms with E-state index in [-0.39, 0.29) is 5.97 Å². The van der Waals surface area contributed by atoms with E-state index in [9.17, 15) is 4.79 Å². The molecule has 0 aliphatic heterocycles. The Morgan fingerprint density at radius 3 is 1.97 bits per heavy atom. The molecule has 0 N–H and O–H groups in total. The van der Waals surface area contributed by atoms with Gasteiger partial charge in [-0.3, -0.25) is 0 Å². The summed E-state index contributed by atoms with van der Waals surface area (Å²) in [6, 6.07) is 16.2. The van der Waals surface area contributed by atoms with Crippen molar-refractivity contribution in [3.63, 3.8) is 0 Å². The van der Waals surface area contributed by atoms with Crippen molar-refractivity contribution in [2.24, 2.45) is 0 Å². The van der Waals surface area contributed by atoms with E-state index in [1.54, 1.807) is 6.92 Å². The van der Waals surface area contributed by atoms with Crippen LogP contribution in [0.15, 0.2) is 60.9 Å². The summed E-state index contributed by atoms with van der Waals surface area (Å²) in [7, 11) is 0. The van der Waals surface area contributed by atoms with Crippen LogP contribution in [-0.2, 0) is 16.0 Å². The molecule has 0 fully saturated rings. The Hall–Kier alpha value is -3.21. The third-order valence-electron chi connectivity index (χ3n) is 6.51. The van der Waals surface area contributed by atoms with Gasteiger partial charge in [0.2, 0.25) is 0 Å². The minimum Gasteiger partial charge on any atom is -0.479 e. The molecule has 1 aromatic heterocycles. The molecule has 0 aliphatic rings. The Kier molecular flexibility index (Phi) is 12.1. The minimum atomic E-state index is -0.646. The molecule has 0 saturated heterocycles. The summed E-state index contributed by atoms with van der Waals surface area (Å²) >= 11 is 0. The van der Waals surface area contributed by atoms with Gasteiger partial charge in [0.25, 0.3) is 0 Å². The van der Waals surface area contributed by atoms with E-state index >= 15 is 0 Å². The van der Waals surface area contributed by atoms with Crippen LogP contribution in [0, 0.1) is 0 Å². The van der Waals surface area contributed by atoms with Gasteiger partial charge in [-0.05, 0) is 49.4 Å². The van der Waals surface area contributed by atoms with Crippen LogP contribution in [0.2, 0.25) is 0 Å². The van der Waals surface area contributed by atoms with Gasteiger partial charge in [-0.15, -0.1) is 0 Å². The van der Waals surface area contributed by atoms with Crippen LogP contribution in [0.5, 0.6) is 5.75 Å². The molecule has 1 atom stereocenters. The van der Waals surface area contributed by atoms with Crippen molar-refractivity contribution in [3.05, 3.63) is 66.5 Å². The number of esters is 1. The lowest BCUT2D eigenvalue weighted by molar-refractivity contribution is -0.151. The van der Waals surface area contributed by atoms with E-state index in [0.29, 0.717) is 12.4 Å². The molecule has 2 aromatic carbocycles. The van der Waals surface area contributed by atoms with Crippen LogP contribution in [0.1, 0.15) is 84.1 Å². The predicted molar refractivity (Wildman–Crippen MR) is 151 cm³/mol. The molecule has 3 aromatic rings. The molecule has 1 heterocycles. The quantitative estimate of drug-likeness (QED) is 0.146. The Morgan fingerprint density at radius 1 is 0.730 bits per heavy atom. The number of rotatable bonds is 16. The van der Waals surface area contributed by atoms with E-state index in [2.05, 4.69) is 48.1 Å². The Labute approximate surface area is 222 Å². The highest BCUT2D eigenvalue weighted by Gasteiger charge is 2.16. The van der Waals surface area contributed by atoms with E-state index in [0.717, 1.165) is 54.6 Å². The lowest BCUT2D eigenvalue weighted by Gasteiger charge is -2.14. The second-order valence-corrected chi connectivity index (χ2v) is 9.67. The molecule has 5 nitrogen and oxygen atoms in total. The van der Waals surface area contributed by atoms with Crippen molar-refractivity contribution in [1.29, 1.82) is 0 Å². The molecular formula is C32H42N2O3. The number of aromatic nitrogens is 2. The zero-order valence-electron chi connectivity index (χ0n) is 22.7. The van der Waals surface area contributed by atoms with Crippen molar-refractivity contribution >= 4 is 5.97 Å². The monoisotopic (exact) mass is 502 g/mol. The highest BCUT2D eigenvalue weighted by molar-refractivity contribution is 5.74. The van der Waals surface area contributed by atoms with Crippen molar-refractivity contribution in [2.75, 3.05) is 6.61 Å². The molecule has 3 rings (SSSR count). The highest BCUT2D eigenvalue weighted by atomic mass is 16.6. The molecule has 0 spiro atoms. The standard InChI is InChI=1S/C32H42N2O3/c1-4-6-8-10-11-13-26-14-16-28(17-15-26)31-33-23-29(24-34-31)27-18-20-30(21-19-27)37-25(3)32(35)36-22-12-9-7-5-2/h14-21,23-25H,4-13,22H2,1-3H3. The van der Waals surface area contributed by atoms with Crippen LogP contribution in [0.25, 0.3) is 22.5 Å². The van der Waals surface area contributed by atoms with Crippen LogP contribution in [0.4, 0.5) is 0 Å². The summed E-state index contributed by atoms with van der Waals surface area (Å²) < 4.78 is 11.1. The SMILES string of the molecule is CCCCCCCc1ccc(-c2ncc(-c3ccc(OC(C)C(=O)OCCCCCC)cc3)cn2)cc1. The van der Waals surface area contributed by atoms with Gasteiger partial charge in [0.05, 0.1) is 6.61 Å². The van der Waals surface area contributed by atoms with Crippen molar-refractivity contribution in [2.45, 2.75) is 91.1 Å². The maximum atomic E-state index is 12.2. The van der Waals surface area contributed by atoms with Crippen molar-refractivity contribution in [1.82, 2.24) is 9.97 Å². The summed E-state index contributed by atoms with van der Waals surface area (Å²) in [6.45, 7) is 6.57. The largest absolute Gasteiger partial charge is 0.479 e. The normalized spacial score (nSPS) is 11.8. The van der Waals surface area contributed by atoms with E-state index in [4.69, 9.17) is 9.47 Å². The number of hydrogen-bond acceptors (Lipinski definition) is 5. The van der Waals surface area contributed by atoms with Gasteiger partial charge in [0.1, 0.15) is 5.75 Å². The van der Waals surface area contributed by atoms with Crippen LogP contribution < -0.4 is 4.74 Å². The fraction of sp³-hybridized carbons (Fsp3) is 0.469. The second kappa shape index (κ2) is 15.8. The lowest BCUT2D eigenvalue weighted by Crippen LogP contribution is -2.26. The van der Waals surface area contributed by atoms with Crippen LogP contribution in [-0.4, -0.2) is 28.6 Å². The maximum absolute atomic E-state index is 12.2. The molecule has 0 bridgehead atoms. The van der Waals surface area contributed by atoms with E-state index in [1.165, 1.54) is 37.7 Å². The average molecular weight is 503 g/mol. The third-order valence-corrected chi connectivity index (χ3v) is 6.51. The zero-order valence-corrected chi connectivity index (χ0v) is 22.7. The Bertz CT molecular complexity index is 1050. The number of carbonyl (C=O) groups is 1. The van der Waals surface area contributed by atoms with Crippen LogP contribution in [0.3, 0.4) is 0 Å². The first kappa shape index (κ1) is 28.4. The van der Waals surface area contributed by atoms with Gasteiger partial charge < -0.3 is 9.47 Å². The molecular weight excluding hydrogens is 460 g/mol. The first-order valence-electron chi connectivity index (χ1n) is 14.0. The number of nitrogens with zero attached hydrogens (tertiary/aromatic N) is 2. The molecule has 0 aliphatic carbocycles. The number of carbonyl (C=O) groups excluding carboxylic acids is 1. The number of benzene rings is 2. The summed E-state index contributed by atoms with van der Waals surface area (Å²) in [6.07, 6.45) is 15.0. The van der Waals surface area contributed by atoms with Gasteiger partial charge >= 0.3 is 5.97 Å². The molecule has 5 heteroatoms. The number of hydrogen-bond donors (Lipinski definition) is 0. The summed E-state index contributed by atoms with van der Waals surface area (Å²) in [5, 5.41) is 0.